The summed E-state index contributed by atoms with van der Waals surface area (Å²) in [6.07, 6.45) is 0. The summed E-state index contributed by atoms with van der Waals surface area (Å²) in [6.45, 7) is 7.92. The largest absolute Gasteiger partial charge is 0.522 e. The molecule has 0 aliphatic carbocycles. The topological polar surface area (TPSA) is 115 Å². The molecule has 2 bridgehead atoms. The summed E-state index contributed by atoms with van der Waals surface area (Å²) in [6, 6.07) is 0. The Labute approximate surface area is 133 Å². The third-order valence-electron chi connectivity index (χ3n) is 2.78. The van der Waals surface area contributed by atoms with E-state index in [9.17, 15) is 26.3 Å². The Morgan fingerprint density at radius 2 is 0.708 bits per heavy atom. The minimum absolute atomic E-state index is 1.32. The first kappa shape index (κ1) is 23.3. The van der Waals surface area contributed by atoms with Gasteiger partial charge in [0.25, 0.3) is 0 Å². The van der Waals surface area contributed by atoms with Crippen LogP contribution in [-0.2, 0) is 20.2 Å². The molecule has 0 radical (unpaired) electrons. The Kier molecular flexibility index (Phi) is 7.90. The number of fused-ring (bicyclic) bond motifs is 3. The van der Waals surface area contributed by atoms with Crippen molar-refractivity contribution in [2.24, 2.45) is 0 Å². The SMILES string of the molecule is C1CN2CCN1CC2.O=S(=O)(O)C(F)(F)F.O=S(=O)(O)C(F)(F)F. The summed E-state index contributed by atoms with van der Waals surface area (Å²) in [5, 5.41) is 0. The van der Waals surface area contributed by atoms with E-state index in [0.29, 0.717) is 0 Å². The number of piperazine rings is 3. The summed E-state index contributed by atoms with van der Waals surface area (Å²) < 4.78 is 115. The zero-order valence-corrected chi connectivity index (χ0v) is 13.4. The lowest BCUT2D eigenvalue weighted by Gasteiger charge is -2.41. The van der Waals surface area contributed by atoms with Crippen molar-refractivity contribution in [1.82, 2.24) is 9.80 Å². The Morgan fingerprint density at radius 1 is 0.583 bits per heavy atom. The molecule has 3 aliphatic heterocycles. The monoisotopic (exact) mass is 412 g/mol. The van der Waals surface area contributed by atoms with E-state index in [0.717, 1.165) is 0 Å². The first-order valence-corrected chi connectivity index (χ1v) is 8.85. The van der Waals surface area contributed by atoms with Gasteiger partial charge in [0.2, 0.25) is 0 Å². The molecule has 16 heteroatoms. The molecule has 0 aromatic carbocycles. The highest BCUT2D eigenvalue weighted by Crippen LogP contribution is 2.21. The molecule has 0 amide bonds. The fourth-order valence-corrected chi connectivity index (χ4v) is 1.52. The van der Waals surface area contributed by atoms with Gasteiger partial charge >= 0.3 is 31.3 Å². The van der Waals surface area contributed by atoms with Gasteiger partial charge in [-0.3, -0.25) is 18.9 Å². The van der Waals surface area contributed by atoms with Gasteiger partial charge in [-0.2, -0.15) is 43.2 Å². The molecule has 3 fully saturated rings. The van der Waals surface area contributed by atoms with Crippen LogP contribution in [0, 0.1) is 0 Å². The van der Waals surface area contributed by atoms with Crippen LogP contribution in [0.2, 0.25) is 0 Å². The molecule has 8 nitrogen and oxygen atoms in total. The van der Waals surface area contributed by atoms with Crippen molar-refractivity contribution in [2.45, 2.75) is 11.0 Å². The van der Waals surface area contributed by atoms with Gasteiger partial charge in [0.15, 0.2) is 0 Å². The van der Waals surface area contributed by atoms with E-state index < -0.39 is 31.3 Å². The molecule has 146 valence electrons. The van der Waals surface area contributed by atoms with Crippen LogP contribution in [0.3, 0.4) is 0 Å². The highest BCUT2D eigenvalue weighted by atomic mass is 32.2. The number of halogens is 6. The van der Waals surface area contributed by atoms with Crippen molar-refractivity contribution in [1.29, 1.82) is 0 Å². The van der Waals surface area contributed by atoms with Gasteiger partial charge in [0.05, 0.1) is 0 Å². The lowest BCUT2D eigenvalue weighted by atomic mass is 10.2. The number of rotatable bonds is 0. The molecule has 0 aromatic rings. The van der Waals surface area contributed by atoms with E-state index in [1.165, 1.54) is 39.3 Å². The van der Waals surface area contributed by atoms with Gasteiger partial charge in [-0.15, -0.1) is 0 Å². The second kappa shape index (κ2) is 8.13. The van der Waals surface area contributed by atoms with E-state index in [4.69, 9.17) is 25.9 Å². The highest BCUT2D eigenvalue weighted by Gasteiger charge is 2.45. The summed E-state index contributed by atoms with van der Waals surface area (Å²) in [5.41, 5.74) is -11.1. The molecule has 3 aliphatic rings. The van der Waals surface area contributed by atoms with Gasteiger partial charge in [-0.1, -0.05) is 0 Å². The quantitative estimate of drug-likeness (QED) is 0.334. The normalized spacial score (nSPS) is 24.3. The predicted octanol–water partition coefficient (Wildman–Crippen LogP) is 0.406. The Morgan fingerprint density at radius 3 is 0.750 bits per heavy atom. The molecule has 0 unspecified atom stereocenters. The molecule has 3 heterocycles. The Hall–Kier alpha value is -0.680. The van der Waals surface area contributed by atoms with E-state index in [2.05, 4.69) is 9.80 Å². The van der Waals surface area contributed by atoms with Gasteiger partial charge in [0, 0.05) is 39.3 Å². The van der Waals surface area contributed by atoms with Crippen molar-refractivity contribution in [3.8, 4) is 0 Å². The van der Waals surface area contributed by atoms with E-state index in [1.807, 2.05) is 0 Å². The summed E-state index contributed by atoms with van der Waals surface area (Å²) in [5.74, 6) is 0. The number of nitrogens with zero attached hydrogens (tertiary/aromatic N) is 2. The van der Waals surface area contributed by atoms with Gasteiger partial charge in [-0.25, -0.2) is 0 Å². The molecule has 0 aromatic heterocycles. The van der Waals surface area contributed by atoms with Crippen LogP contribution in [0.15, 0.2) is 0 Å². The highest BCUT2D eigenvalue weighted by molar-refractivity contribution is 7.86. The maximum Gasteiger partial charge on any atom is 0.522 e. The summed E-state index contributed by atoms with van der Waals surface area (Å²) in [7, 11) is -11.7. The molecule has 3 rings (SSSR count). The average molecular weight is 412 g/mol. The zero-order chi connectivity index (χ0) is 19.4. The minimum Gasteiger partial charge on any atom is -0.300 e. The third kappa shape index (κ3) is 8.43. The molecular formula is C8H14F6N2O6S2. The first-order chi connectivity index (χ1) is 10.4. The zero-order valence-electron chi connectivity index (χ0n) is 11.7. The standard InChI is InChI=1S/C6H12N2.2CHF3O3S/c1-2-8-5-3-7(1)4-6-8;2*2-1(3,4)8(5,6)7/h1-6H2;2*(H,5,6,7). The van der Waals surface area contributed by atoms with Crippen LogP contribution >= 0.6 is 0 Å². The predicted molar refractivity (Wildman–Crippen MR) is 68.1 cm³/mol. The van der Waals surface area contributed by atoms with Crippen LogP contribution in [0.5, 0.6) is 0 Å². The fourth-order valence-electron chi connectivity index (χ4n) is 1.52. The molecule has 0 saturated carbocycles. The summed E-state index contributed by atoms with van der Waals surface area (Å²) >= 11 is 0. The molecule has 0 spiro atoms. The molecule has 2 N–H and O–H groups in total. The van der Waals surface area contributed by atoms with Crippen LogP contribution in [0.25, 0.3) is 0 Å². The van der Waals surface area contributed by atoms with Crippen LogP contribution in [-0.4, -0.2) is 86.0 Å². The van der Waals surface area contributed by atoms with E-state index in [1.54, 1.807) is 0 Å². The number of hydrogen-bond donors (Lipinski definition) is 2. The van der Waals surface area contributed by atoms with Crippen LogP contribution in [0.1, 0.15) is 0 Å². The maximum absolute atomic E-state index is 10.7. The maximum atomic E-state index is 10.7. The van der Waals surface area contributed by atoms with Crippen LogP contribution in [0.4, 0.5) is 26.3 Å². The second-order valence-electron chi connectivity index (χ2n) is 4.52. The van der Waals surface area contributed by atoms with Crippen molar-refractivity contribution in [3.05, 3.63) is 0 Å². The van der Waals surface area contributed by atoms with Crippen molar-refractivity contribution in [2.75, 3.05) is 39.3 Å². The number of alkyl halides is 6. The third-order valence-corrected chi connectivity index (χ3v) is 3.95. The molecule has 0 atom stereocenters. The molecule has 24 heavy (non-hydrogen) atoms. The first-order valence-electron chi connectivity index (χ1n) is 5.97. The van der Waals surface area contributed by atoms with Crippen molar-refractivity contribution in [3.63, 3.8) is 0 Å². The molecule has 3 saturated heterocycles. The average Bonchev–Trinajstić information content (AvgIpc) is 2.37. The smallest absolute Gasteiger partial charge is 0.300 e. The lowest BCUT2D eigenvalue weighted by molar-refractivity contribution is -0.0514. The van der Waals surface area contributed by atoms with Crippen molar-refractivity contribution < 1.29 is 52.3 Å². The van der Waals surface area contributed by atoms with Gasteiger partial charge in [-0.05, 0) is 0 Å². The fraction of sp³-hybridized carbons (Fsp3) is 1.00. The van der Waals surface area contributed by atoms with Crippen molar-refractivity contribution >= 4 is 20.2 Å². The number of hydrogen-bond acceptors (Lipinski definition) is 6. The van der Waals surface area contributed by atoms with Gasteiger partial charge in [0.1, 0.15) is 0 Å². The minimum atomic E-state index is -5.84. The van der Waals surface area contributed by atoms with Gasteiger partial charge < -0.3 is 0 Å². The summed E-state index contributed by atoms with van der Waals surface area (Å²) in [4.78, 5) is 5.08. The van der Waals surface area contributed by atoms with Crippen LogP contribution < -0.4 is 0 Å². The Bertz CT molecular complexity index is 529. The lowest BCUT2D eigenvalue weighted by Crippen LogP contribution is -2.55. The second-order valence-corrected chi connectivity index (χ2v) is 7.35. The Balaban J connectivity index is 0.000000331. The van der Waals surface area contributed by atoms with E-state index in [-0.39, 0.29) is 0 Å². The molecular weight excluding hydrogens is 398 g/mol. The van der Waals surface area contributed by atoms with E-state index >= 15 is 0 Å².